The number of piperazine rings is 1. The number of nitrogens with two attached hydrogens (primary N) is 1. The summed E-state index contributed by atoms with van der Waals surface area (Å²) in [5, 5.41) is 4.47. The van der Waals surface area contributed by atoms with Gasteiger partial charge < -0.3 is 20.0 Å². The number of anilines is 2. The molecule has 1 aliphatic heterocycles. The van der Waals surface area contributed by atoms with E-state index >= 15 is 0 Å². The number of aromatic nitrogens is 5. The number of benzene rings is 1. The Bertz CT molecular complexity index is 1490. The third-order valence-electron chi connectivity index (χ3n) is 6.09. The Labute approximate surface area is 200 Å². The molecule has 10 nitrogen and oxygen atoms in total. The number of amides is 1. The predicted molar refractivity (Wildman–Crippen MR) is 131 cm³/mol. The van der Waals surface area contributed by atoms with E-state index in [2.05, 4.69) is 25.0 Å². The number of rotatable bonds is 4. The molecule has 0 bridgehead atoms. The van der Waals surface area contributed by atoms with Gasteiger partial charge in [0, 0.05) is 55.4 Å². The fraction of sp³-hybridized carbons (Fsp3) is 0.160. The molecule has 2 N–H and O–H groups in total. The number of hydrogen-bond donors (Lipinski definition) is 1. The van der Waals surface area contributed by atoms with Crippen LogP contribution in [0.15, 0.2) is 77.8 Å². The Morgan fingerprint density at radius 1 is 0.971 bits per heavy atom. The maximum Gasteiger partial charge on any atom is 0.253 e. The van der Waals surface area contributed by atoms with Crippen molar-refractivity contribution in [2.24, 2.45) is 0 Å². The number of nitrogen functional groups attached to an aromatic ring is 1. The highest BCUT2D eigenvalue weighted by molar-refractivity contribution is 5.95. The topological polar surface area (TPSA) is 119 Å². The summed E-state index contributed by atoms with van der Waals surface area (Å²) in [5.41, 5.74) is 9.73. The summed E-state index contributed by atoms with van der Waals surface area (Å²) in [5.74, 6) is 1.22. The van der Waals surface area contributed by atoms with Crippen LogP contribution in [0.3, 0.4) is 0 Å². The van der Waals surface area contributed by atoms with Gasteiger partial charge in [0.25, 0.3) is 5.91 Å². The standard InChI is InChI=1S/C25H22N8O2/c26-22-24-29-23(21-5-2-14-35-21)30-33(24)16-20(28-22)17-3-1-4-18(15-17)25(34)32-12-10-31(11-13-32)19-6-8-27-9-7-19/h1-9,14-16H,10-13H2,(H2,26,28). The minimum absolute atomic E-state index is 0.00357. The van der Waals surface area contributed by atoms with Gasteiger partial charge in [-0.15, -0.1) is 5.10 Å². The number of furan rings is 1. The lowest BCUT2D eigenvalue weighted by Crippen LogP contribution is -2.48. The molecule has 0 atom stereocenters. The molecule has 1 saturated heterocycles. The van der Waals surface area contributed by atoms with Gasteiger partial charge in [0.05, 0.1) is 18.2 Å². The van der Waals surface area contributed by atoms with Gasteiger partial charge in [-0.2, -0.15) is 0 Å². The van der Waals surface area contributed by atoms with Gasteiger partial charge in [-0.3, -0.25) is 9.78 Å². The summed E-state index contributed by atoms with van der Waals surface area (Å²) < 4.78 is 6.97. The highest BCUT2D eigenvalue weighted by atomic mass is 16.3. The largest absolute Gasteiger partial charge is 0.461 e. The van der Waals surface area contributed by atoms with E-state index in [0.29, 0.717) is 41.6 Å². The Balaban J connectivity index is 1.23. The average Bonchev–Trinajstić information content (AvgIpc) is 3.59. The lowest BCUT2D eigenvalue weighted by atomic mass is 10.1. The molecule has 0 saturated carbocycles. The maximum atomic E-state index is 13.3. The normalized spacial score (nSPS) is 13.9. The lowest BCUT2D eigenvalue weighted by Gasteiger charge is -2.36. The molecule has 0 aliphatic carbocycles. The quantitative estimate of drug-likeness (QED) is 0.429. The van der Waals surface area contributed by atoms with E-state index in [-0.39, 0.29) is 11.7 Å². The molecule has 35 heavy (non-hydrogen) atoms. The van der Waals surface area contributed by atoms with E-state index in [1.807, 2.05) is 41.3 Å². The first-order chi connectivity index (χ1) is 17.2. The van der Waals surface area contributed by atoms with Gasteiger partial charge in [-0.05, 0) is 36.4 Å². The van der Waals surface area contributed by atoms with Crippen LogP contribution in [0.4, 0.5) is 11.5 Å². The van der Waals surface area contributed by atoms with E-state index < -0.39 is 0 Å². The Morgan fingerprint density at radius 2 is 1.80 bits per heavy atom. The van der Waals surface area contributed by atoms with Crippen molar-refractivity contribution in [2.45, 2.75) is 0 Å². The third-order valence-corrected chi connectivity index (χ3v) is 6.09. The van der Waals surface area contributed by atoms with Gasteiger partial charge in [0.15, 0.2) is 17.2 Å². The number of carbonyl (C=O) groups excluding carboxylic acids is 1. The van der Waals surface area contributed by atoms with Crippen LogP contribution < -0.4 is 10.6 Å². The van der Waals surface area contributed by atoms with Gasteiger partial charge in [-0.1, -0.05) is 12.1 Å². The van der Waals surface area contributed by atoms with Crippen LogP contribution >= 0.6 is 0 Å². The zero-order valence-electron chi connectivity index (χ0n) is 18.8. The maximum absolute atomic E-state index is 13.3. The Morgan fingerprint density at radius 3 is 2.57 bits per heavy atom. The molecule has 1 aliphatic rings. The molecule has 5 aromatic rings. The molecule has 1 fully saturated rings. The van der Waals surface area contributed by atoms with E-state index in [4.69, 9.17) is 10.2 Å². The average molecular weight is 467 g/mol. The van der Waals surface area contributed by atoms with E-state index in [1.54, 1.807) is 41.5 Å². The van der Waals surface area contributed by atoms with Crippen LogP contribution in [0.25, 0.3) is 28.5 Å². The van der Waals surface area contributed by atoms with Crippen LogP contribution in [0.5, 0.6) is 0 Å². The minimum Gasteiger partial charge on any atom is -0.461 e. The van der Waals surface area contributed by atoms with Gasteiger partial charge in [-0.25, -0.2) is 14.5 Å². The molecular weight excluding hydrogens is 444 g/mol. The van der Waals surface area contributed by atoms with Gasteiger partial charge in [0.2, 0.25) is 5.82 Å². The molecule has 5 heterocycles. The van der Waals surface area contributed by atoms with Crippen LogP contribution in [0.2, 0.25) is 0 Å². The smallest absolute Gasteiger partial charge is 0.253 e. The van der Waals surface area contributed by atoms with E-state index in [1.165, 1.54) is 0 Å². The summed E-state index contributed by atoms with van der Waals surface area (Å²) >= 11 is 0. The molecule has 10 heteroatoms. The monoisotopic (exact) mass is 466 g/mol. The number of nitrogens with zero attached hydrogens (tertiary/aromatic N) is 7. The summed E-state index contributed by atoms with van der Waals surface area (Å²) in [4.78, 5) is 30.4. The van der Waals surface area contributed by atoms with Crippen LogP contribution in [-0.4, -0.2) is 61.6 Å². The first-order valence-corrected chi connectivity index (χ1v) is 11.3. The third kappa shape index (κ3) is 3.95. The summed E-state index contributed by atoms with van der Waals surface area (Å²) in [7, 11) is 0. The molecule has 4 aromatic heterocycles. The molecule has 0 spiro atoms. The minimum atomic E-state index is -0.00357. The molecule has 0 radical (unpaired) electrons. The SMILES string of the molecule is Nc1nc(-c2cccc(C(=O)N3CCN(c4ccncc4)CC3)c2)cn2nc(-c3ccco3)nc12. The van der Waals surface area contributed by atoms with Crippen LogP contribution in [-0.2, 0) is 0 Å². The zero-order valence-corrected chi connectivity index (χ0v) is 18.8. The molecular formula is C25H22N8O2. The van der Waals surface area contributed by atoms with Gasteiger partial charge >= 0.3 is 0 Å². The second-order valence-electron chi connectivity index (χ2n) is 8.26. The molecule has 6 rings (SSSR count). The van der Waals surface area contributed by atoms with Crippen LogP contribution in [0.1, 0.15) is 10.4 Å². The fourth-order valence-electron chi connectivity index (χ4n) is 4.28. The number of hydrogen-bond acceptors (Lipinski definition) is 8. The number of fused-ring (bicyclic) bond motifs is 1. The Kier molecular flexibility index (Phi) is 5.10. The predicted octanol–water partition coefficient (Wildman–Crippen LogP) is 2.99. The van der Waals surface area contributed by atoms with Crippen LogP contribution in [0, 0.1) is 0 Å². The zero-order chi connectivity index (χ0) is 23.8. The van der Waals surface area contributed by atoms with Crippen molar-refractivity contribution < 1.29 is 9.21 Å². The summed E-state index contributed by atoms with van der Waals surface area (Å²) in [6.07, 6.45) is 6.89. The summed E-state index contributed by atoms with van der Waals surface area (Å²) in [6.45, 7) is 2.84. The second kappa shape index (κ2) is 8.56. The van der Waals surface area contributed by atoms with Crippen molar-refractivity contribution >= 4 is 23.1 Å². The lowest BCUT2D eigenvalue weighted by molar-refractivity contribution is 0.0747. The van der Waals surface area contributed by atoms with Crippen molar-refractivity contribution in [3.05, 3.63) is 78.9 Å². The van der Waals surface area contributed by atoms with Crippen molar-refractivity contribution in [2.75, 3.05) is 36.8 Å². The number of pyridine rings is 1. The van der Waals surface area contributed by atoms with Crippen molar-refractivity contribution in [1.82, 2.24) is 29.5 Å². The molecule has 1 aromatic carbocycles. The highest BCUT2D eigenvalue weighted by Gasteiger charge is 2.23. The van der Waals surface area contributed by atoms with Gasteiger partial charge in [0.1, 0.15) is 0 Å². The Hall–Kier alpha value is -4.73. The first kappa shape index (κ1) is 20.8. The second-order valence-corrected chi connectivity index (χ2v) is 8.26. The first-order valence-electron chi connectivity index (χ1n) is 11.3. The van der Waals surface area contributed by atoms with Crippen molar-refractivity contribution in [3.8, 4) is 22.8 Å². The van der Waals surface area contributed by atoms with Crippen molar-refractivity contribution in [1.29, 1.82) is 0 Å². The van der Waals surface area contributed by atoms with E-state index in [9.17, 15) is 4.79 Å². The molecule has 1 amide bonds. The highest BCUT2D eigenvalue weighted by Crippen LogP contribution is 2.24. The number of carbonyl (C=O) groups is 1. The molecule has 0 unspecified atom stereocenters. The fourth-order valence-corrected chi connectivity index (χ4v) is 4.28. The van der Waals surface area contributed by atoms with E-state index in [0.717, 1.165) is 24.3 Å². The molecule has 174 valence electrons. The summed E-state index contributed by atoms with van der Waals surface area (Å²) in [6, 6.07) is 15.0. The van der Waals surface area contributed by atoms with Crippen molar-refractivity contribution in [3.63, 3.8) is 0 Å².